The summed E-state index contributed by atoms with van der Waals surface area (Å²) in [6.45, 7) is 2.70. The lowest BCUT2D eigenvalue weighted by Gasteiger charge is -2.26. The Morgan fingerprint density at radius 1 is 1.15 bits per heavy atom. The highest BCUT2D eigenvalue weighted by Crippen LogP contribution is 2.45. The highest BCUT2D eigenvalue weighted by atomic mass is 32.2. The number of carbonyl (C=O) groups excluding carboxylic acids is 1. The second-order valence-corrected chi connectivity index (χ2v) is 9.40. The Balaban J connectivity index is 1.38. The molecule has 0 aliphatic carbocycles. The second kappa shape index (κ2) is 8.55. The van der Waals surface area contributed by atoms with Crippen molar-refractivity contribution < 1.29 is 9.21 Å². The van der Waals surface area contributed by atoms with Gasteiger partial charge in [0.1, 0.15) is 5.76 Å². The van der Waals surface area contributed by atoms with E-state index in [1.807, 2.05) is 47.8 Å². The SMILES string of the molecule is O=C(NC[C@@H](c1ccco1)N1CCCC1)c1ccc(C2SCCS2)cc1. The zero-order chi connectivity index (χ0) is 17.8. The zero-order valence-electron chi connectivity index (χ0n) is 14.7. The highest BCUT2D eigenvalue weighted by molar-refractivity contribution is 8.19. The molecule has 1 aromatic carbocycles. The van der Waals surface area contributed by atoms with Gasteiger partial charge >= 0.3 is 0 Å². The van der Waals surface area contributed by atoms with Gasteiger partial charge in [-0.15, -0.1) is 23.5 Å². The van der Waals surface area contributed by atoms with Gasteiger partial charge in [-0.25, -0.2) is 0 Å². The Bertz CT molecular complexity index is 706. The third-order valence-corrected chi connectivity index (χ3v) is 8.08. The molecule has 1 aromatic heterocycles. The normalized spacial score (nSPS) is 19.7. The first-order valence-electron chi connectivity index (χ1n) is 9.20. The summed E-state index contributed by atoms with van der Waals surface area (Å²) in [4.78, 5) is 15.0. The molecule has 0 bridgehead atoms. The summed E-state index contributed by atoms with van der Waals surface area (Å²) in [5.74, 6) is 3.33. The van der Waals surface area contributed by atoms with Crippen molar-refractivity contribution in [2.45, 2.75) is 23.5 Å². The molecule has 0 saturated carbocycles. The van der Waals surface area contributed by atoms with Gasteiger partial charge in [-0.05, 0) is 55.8 Å². The number of rotatable bonds is 6. The molecular weight excluding hydrogens is 364 g/mol. The molecule has 1 atom stereocenters. The fourth-order valence-electron chi connectivity index (χ4n) is 3.58. The summed E-state index contributed by atoms with van der Waals surface area (Å²) in [5, 5.41) is 3.10. The number of amides is 1. The van der Waals surface area contributed by atoms with E-state index < -0.39 is 0 Å². The van der Waals surface area contributed by atoms with Crippen LogP contribution in [0.15, 0.2) is 47.1 Å². The number of likely N-dealkylation sites (tertiary alicyclic amines) is 1. The van der Waals surface area contributed by atoms with Crippen LogP contribution in [0, 0.1) is 0 Å². The average molecular weight is 389 g/mol. The van der Waals surface area contributed by atoms with Crippen LogP contribution < -0.4 is 5.32 Å². The lowest BCUT2D eigenvalue weighted by atomic mass is 10.1. The van der Waals surface area contributed by atoms with E-state index in [-0.39, 0.29) is 11.9 Å². The third-order valence-electron chi connectivity index (χ3n) is 4.98. The Kier molecular flexibility index (Phi) is 5.92. The van der Waals surface area contributed by atoms with E-state index in [1.165, 1.54) is 29.9 Å². The molecule has 2 aliphatic heterocycles. The Morgan fingerprint density at radius 3 is 2.54 bits per heavy atom. The molecule has 26 heavy (non-hydrogen) atoms. The van der Waals surface area contributed by atoms with Crippen LogP contribution in [0.1, 0.15) is 45.1 Å². The predicted molar refractivity (Wildman–Crippen MR) is 109 cm³/mol. The maximum absolute atomic E-state index is 12.6. The Morgan fingerprint density at radius 2 is 1.88 bits per heavy atom. The summed E-state index contributed by atoms with van der Waals surface area (Å²) >= 11 is 3.97. The van der Waals surface area contributed by atoms with E-state index >= 15 is 0 Å². The lowest BCUT2D eigenvalue weighted by molar-refractivity contribution is 0.0934. The predicted octanol–water partition coefficient (Wildman–Crippen LogP) is 4.33. The molecule has 0 unspecified atom stereocenters. The number of nitrogens with zero attached hydrogens (tertiary/aromatic N) is 1. The number of nitrogens with one attached hydrogen (secondary N) is 1. The molecule has 138 valence electrons. The molecule has 0 radical (unpaired) electrons. The number of thioether (sulfide) groups is 2. The van der Waals surface area contributed by atoms with Gasteiger partial charge in [-0.1, -0.05) is 12.1 Å². The molecule has 2 saturated heterocycles. The minimum Gasteiger partial charge on any atom is -0.468 e. The first kappa shape index (κ1) is 18.0. The van der Waals surface area contributed by atoms with Crippen molar-refractivity contribution in [3.8, 4) is 0 Å². The number of hydrogen-bond donors (Lipinski definition) is 1. The van der Waals surface area contributed by atoms with Crippen molar-refractivity contribution in [1.29, 1.82) is 0 Å². The molecule has 4 rings (SSSR count). The smallest absolute Gasteiger partial charge is 0.251 e. The van der Waals surface area contributed by atoms with Gasteiger partial charge in [0, 0.05) is 23.6 Å². The topological polar surface area (TPSA) is 45.5 Å². The first-order valence-corrected chi connectivity index (χ1v) is 11.3. The Hall–Kier alpha value is -1.37. The standard InChI is InChI=1S/C20H24N2O2S2/c23-19(15-5-7-16(8-6-15)20-25-12-13-26-20)21-14-17(18-4-3-11-24-18)22-9-1-2-10-22/h3-8,11,17,20H,1-2,9-10,12-14H2,(H,21,23)/t17-/m0/s1. The van der Waals surface area contributed by atoms with E-state index in [1.54, 1.807) is 6.26 Å². The molecule has 6 heteroatoms. The van der Waals surface area contributed by atoms with Crippen molar-refractivity contribution in [2.24, 2.45) is 0 Å². The van der Waals surface area contributed by atoms with Crippen LogP contribution in [-0.2, 0) is 0 Å². The molecule has 1 N–H and O–H groups in total. The van der Waals surface area contributed by atoms with Crippen molar-refractivity contribution in [3.63, 3.8) is 0 Å². The fourth-order valence-corrected chi connectivity index (χ4v) is 6.44. The molecule has 1 amide bonds. The van der Waals surface area contributed by atoms with Crippen LogP contribution in [0.25, 0.3) is 0 Å². The van der Waals surface area contributed by atoms with E-state index in [2.05, 4.69) is 22.3 Å². The maximum atomic E-state index is 12.6. The number of carbonyl (C=O) groups is 1. The second-order valence-electron chi connectivity index (χ2n) is 6.68. The van der Waals surface area contributed by atoms with E-state index in [9.17, 15) is 4.79 Å². The van der Waals surface area contributed by atoms with Crippen molar-refractivity contribution in [2.75, 3.05) is 31.1 Å². The summed E-state index contributed by atoms with van der Waals surface area (Å²) in [5.41, 5.74) is 2.03. The summed E-state index contributed by atoms with van der Waals surface area (Å²) < 4.78 is 6.14. The van der Waals surface area contributed by atoms with Crippen molar-refractivity contribution in [3.05, 3.63) is 59.5 Å². The van der Waals surface area contributed by atoms with Crippen molar-refractivity contribution >= 4 is 29.4 Å². The molecule has 2 aliphatic rings. The first-order chi connectivity index (χ1) is 12.8. The van der Waals surface area contributed by atoms with Crippen LogP contribution in [0.3, 0.4) is 0 Å². The van der Waals surface area contributed by atoms with Gasteiger partial charge in [0.25, 0.3) is 5.91 Å². The summed E-state index contributed by atoms with van der Waals surface area (Å²) in [7, 11) is 0. The Labute approximate surface area is 163 Å². The molecule has 0 spiro atoms. The molecule has 4 nitrogen and oxygen atoms in total. The van der Waals surface area contributed by atoms with Gasteiger partial charge in [-0.3, -0.25) is 9.69 Å². The zero-order valence-corrected chi connectivity index (χ0v) is 16.4. The van der Waals surface area contributed by atoms with E-state index in [0.29, 0.717) is 11.1 Å². The number of benzene rings is 1. The molecular formula is C20H24N2O2S2. The summed E-state index contributed by atoms with van der Waals surface area (Å²) in [6.07, 6.45) is 4.13. The van der Waals surface area contributed by atoms with Gasteiger partial charge in [-0.2, -0.15) is 0 Å². The van der Waals surface area contributed by atoms with Gasteiger partial charge in [0.2, 0.25) is 0 Å². The third kappa shape index (κ3) is 4.13. The van der Waals surface area contributed by atoms with Crippen LogP contribution in [0.5, 0.6) is 0 Å². The van der Waals surface area contributed by atoms with Gasteiger partial charge in [0.05, 0.1) is 16.9 Å². The minimum atomic E-state index is -0.0148. The van der Waals surface area contributed by atoms with Crippen LogP contribution in [0.2, 0.25) is 0 Å². The van der Waals surface area contributed by atoms with Gasteiger partial charge in [0.15, 0.2) is 0 Å². The largest absolute Gasteiger partial charge is 0.468 e. The highest BCUT2D eigenvalue weighted by Gasteiger charge is 2.26. The van der Waals surface area contributed by atoms with E-state index in [4.69, 9.17) is 4.42 Å². The van der Waals surface area contributed by atoms with Crippen LogP contribution in [-0.4, -0.2) is 41.9 Å². The average Bonchev–Trinajstić information content (AvgIpc) is 3.45. The fraction of sp³-hybridized carbons (Fsp3) is 0.450. The number of furan rings is 1. The summed E-state index contributed by atoms with van der Waals surface area (Å²) in [6, 6.07) is 12.1. The monoisotopic (exact) mass is 388 g/mol. The number of hydrogen-bond acceptors (Lipinski definition) is 5. The molecule has 3 heterocycles. The van der Waals surface area contributed by atoms with Gasteiger partial charge < -0.3 is 9.73 Å². The molecule has 2 fully saturated rings. The lowest BCUT2D eigenvalue weighted by Crippen LogP contribution is -2.36. The maximum Gasteiger partial charge on any atom is 0.251 e. The minimum absolute atomic E-state index is 0.0148. The quantitative estimate of drug-likeness (QED) is 0.798. The van der Waals surface area contributed by atoms with Crippen LogP contribution in [0.4, 0.5) is 0 Å². The van der Waals surface area contributed by atoms with Crippen LogP contribution >= 0.6 is 23.5 Å². The van der Waals surface area contributed by atoms with Crippen molar-refractivity contribution in [1.82, 2.24) is 10.2 Å². The molecule has 2 aromatic rings. The van der Waals surface area contributed by atoms with E-state index in [0.717, 1.165) is 24.4 Å².